The predicted octanol–water partition coefficient (Wildman–Crippen LogP) is 2.53. The third kappa shape index (κ3) is 2.99. The summed E-state index contributed by atoms with van der Waals surface area (Å²) in [5.41, 5.74) is 5.47. The van der Waals surface area contributed by atoms with E-state index in [9.17, 15) is 9.59 Å². The highest BCUT2D eigenvalue weighted by Crippen LogP contribution is 2.25. The molecule has 3 aromatic rings. The molecule has 1 aromatic carbocycles. The van der Waals surface area contributed by atoms with Crippen LogP contribution in [-0.4, -0.2) is 46.5 Å². The fraction of sp³-hybridized carbons (Fsp3) is 0.348. The third-order valence-electron chi connectivity index (χ3n) is 6.03. The highest BCUT2D eigenvalue weighted by atomic mass is 16.2. The Labute approximate surface area is 169 Å². The van der Waals surface area contributed by atoms with Crippen molar-refractivity contribution >= 4 is 22.5 Å². The van der Waals surface area contributed by atoms with Gasteiger partial charge in [0.2, 0.25) is 5.43 Å². The second kappa shape index (κ2) is 6.72. The maximum absolute atomic E-state index is 13.2. The number of pyridine rings is 2. The molecule has 0 bridgehead atoms. The van der Waals surface area contributed by atoms with Gasteiger partial charge < -0.3 is 14.4 Å². The minimum atomic E-state index is -0.153. The summed E-state index contributed by atoms with van der Waals surface area (Å²) in [5, 5.41) is 0.659. The van der Waals surface area contributed by atoms with Crippen molar-refractivity contribution in [2.75, 3.05) is 31.1 Å². The number of amides is 1. The van der Waals surface area contributed by atoms with E-state index in [2.05, 4.69) is 32.7 Å². The quantitative estimate of drug-likeness (QED) is 0.677. The Balaban J connectivity index is 1.39. The molecule has 0 aliphatic carbocycles. The van der Waals surface area contributed by atoms with Crippen molar-refractivity contribution in [2.45, 2.75) is 26.8 Å². The molecule has 0 radical (unpaired) electrons. The zero-order valence-electron chi connectivity index (χ0n) is 16.8. The number of para-hydroxylation sites is 1. The van der Waals surface area contributed by atoms with Crippen molar-refractivity contribution in [1.82, 2.24) is 14.5 Å². The van der Waals surface area contributed by atoms with Gasteiger partial charge in [0, 0.05) is 61.4 Å². The van der Waals surface area contributed by atoms with Gasteiger partial charge in [-0.05, 0) is 44.0 Å². The van der Waals surface area contributed by atoms with Gasteiger partial charge in [0.25, 0.3) is 5.91 Å². The number of aromatic nitrogens is 2. The van der Waals surface area contributed by atoms with Crippen LogP contribution in [0.5, 0.6) is 0 Å². The lowest BCUT2D eigenvalue weighted by Gasteiger charge is -2.36. The number of aryl methyl sites for hydroxylation is 4. The molecule has 0 N–H and O–H groups in total. The van der Waals surface area contributed by atoms with Crippen LogP contribution >= 0.6 is 0 Å². The van der Waals surface area contributed by atoms with Crippen LogP contribution in [0.25, 0.3) is 10.9 Å². The molecule has 2 aliphatic heterocycles. The molecular weight excluding hydrogens is 364 g/mol. The average Bonchev–Trinajstić information content (AvgIpc) is 3.13. The second-order valence-corrected chi connectivity index (χ2v) is 8.02. The van der Waals surface area contributed by atoms with Crippen molar-refractivity contribution < 1.29 is 4.79 Å². The minimum absolute atomic E-state index is 0.146. The summed E-state index contributed by atoms with van der Waals surface area (Å²) in [6, 6.07) is 9.99. The monoisotopic (exact) mass is 388 g/mol. The van der Waals surface area contributed by atoms with E-state index in [1.165, 1.54) is 5.56 Å². The largest absolute Gasteiger partial charge is 0.368 e. The van der Waals surface area contributed by atoms with E-state index in [0.29, 0.717) is 24.0 Å². The first kappa shape index (κ1) is 17.9. The van der Waals surface area contributed by atoms with E-state index in [0.717, 1.165) is 48.6 Å². The minimum Gasteiger partial charge on any atom is -0.368 e. The van der Waals surface area contributed by atoms with Crippen LogP contribution in [0.4, 0.5) is 5.69 Å². The summed E-state index contributed by atoms with van der Waals surface area (Å²) < 4.78 is 2.07. The number of carbonyl (C=O) groups is 1. The number of rotatable bonds is 2. The molecule has 29 heavy (non-hydrogen) atoms. The molecule has 0 unspecified atom stereocenters. The second-order valence-electron chi connectivity index (χ2n) is 8.02. The summed E-state index contributed by atoms with van der Waals surface area (Å²) in [5.74, 6) is -0.153. The molecule has 1 saturated heterocycles. The molecule has 6 nitrogen and oxygen atoms in total. The summed E-state index contributed by atoms with van der Waals surface area (Å²) in [4.78, 5) is 34.7. The van der Waals surface area contributed by atoms with Crippen LogP contribution in [0.3, 0.4) is 0 Å². The number of nitrogens with zero attached hydrogens (tertiary/aromatic N) is 4. The summed E-state index contributed by atoms with van der Waals surface area (Å²) in [6.45, 7) is 7.54. The lowest BCUT2D eigenvalue weighted by Crippen LogP contribution is -2.49. The molecule has 4 heterocycles. The Bertz CT molecular complexity index is 1170. The lowest BCUT2D eigenvalue weighted by atomic mass is 10.1. The SMILES string of the molecule is Cc1cc(N2CCN(C(=O)c3cn4c5c(cccc5c3=O)CC4)CC2)cc(C)n1. The van der Waals surface area contributed by atoms with Gasteiger partial charge in [-0.1, -0.05) is 12.1 Å². The molecule has 5 rings (SSSR count). The van der Waals surface area contributed by atoms with Gasteiger partial charge in [-0.15, -0.1) is 0 Å². The van der Waals surface area contributed by atoms with Crippen molar-refractivity contribution in [2.24, 2.45) is 0 Å². The van der Waals surface area contributed by atoms with Crippen LogP contribution in [0, 0.1) is 13.8 Å². The van der Waals surface area contributed by atoms with Crippen molar-refractivity contribution in [3.8, 4) is 0 Å². The number of benzene rings is 1. The summed E-state index contributed by atoms with van der Waals surface area (Å²) in [6.07, 6.45) is 2.68. The smallest absolute Gasteiger partial charge is 0.259 e. The zero-order valence-corrected chi connectivity index (χ0v) is 16.8. The van der Waals surface area contributed by atoms with E-state index >= 15 is 0 Å². The zero-order chi connectivity index (χ0) is 20.1. The molecule has 1 fully saturated rings. The van der Waals surface area contributed by atoms with E-state index in [1.54, 1.807) is 6.20 Å². The molecular formula is C23H24N4O2. The van der Waals surface area contributed by atoms with Gasteiger partial charge in [0.1, 0.15) is 5.56 Å². The van der Waals surface area contributed by atoms with E-state index in [4.69, 9.17) is 0 Å². The van der Waals surface area contributed by atoms with Crippen molar-refractivity contribution in [3.63, 3.8) is 0 Å². The summed E-state index contributed by atoms with van der Waals surface area (Å²) in [7, 11) is 0. The van der Waals surface area contributed by atoms with Crippen LogP contribution in [0.1, 0.15) is 27.3 Å². The predicted molar refractivity (Wildman–Crippen MR) is 114 cm³/mol. The number of hydrogen-bond acceptors (Lipinski definition) is 4. The molecule has 2 aliphatic rings. The van der Waals surface area contributed by atoms with Gasteiger partial charge in [0.05, 0.1) is 5.52 Å². The molecule has 1 amide bonds. The molecule has 0 atom stereocenters. The summed E-state index contributed by atoms with van der Waals surface area (Å²) >= 11 is 0. The van der Waals surface area contributed by atoms with Crippen LogP contribution in [0.15, 0.2) is 41.3 Å². The van der Waals surface area contributed by atoms with Crippen molar-refractivity contribution in [1.29, 1.82) is 0 Å². The molecule has 0 spiro atoms. The Morgan fingerprint density at radius 3 is 2.45 bits per heavy atom. The maximum atomic E-state index is 13.2. The molecule has 6 heteroatoms. The average molecular weight is 388 g/mol. The van der Waals surface area contributed by atoms with Gasteiger partial charge >= 0.3 is 0 Å². The number of piperazine rings is 1. The first-order valence-corrected chi connectivity index (χ1v) is 10.2. The van der Waals surface area contributed by atoms with Crippen LogP contribution in [-0.2, 0) is 13.0 Å². The lowest BCUT2D eigenvalue weighted by molar-refractivity contribution is 0.0745. The topological polar surface area (TPSA) is 58.4 Å². The fourth-order valence-electron chi connectivity index (χ4n) is 4.64. The van der Waals surface area contributed by atoms with Crippen LogP contribution < -0.4 is 10.3 Å². The normalized spacial score (nSPS) is 15.9. The van der Waals surface area contributed by atoms with Crippen molar-refractivity contribution in [3.05, 3.63) is 69.3 Å². The molecule has 0 saturated carbocycles. The Hall–Kier alpha value is -3.15. The maximum Gasteiger partial charge on any atom is 0.259 e. The standard InChI is InChI=1S/C23H24N4O2/c1-15-12-18(13-16(2)24-15)25-8-10-26(11-9-25)23(29)20-14-27-7-6-17-4-3-5-19(21(17)27)22(20)28/h3-5,12-14H,6-11H2,1-2H3. The van der Waals surface area contributed by atoms with Gasteiger partial charge in [-0.3, -0.25) is 14.6 Å². The first-order chi connectivity index (χ1) is 14.0. The van der Waals surface area contributed by atoms with Gasteiger partial charge in [0.15, 0.2) is 0 Å². The number of carbonyl (C=O) groups excluding carboxylic acids is 1. The van der Waals surface area contributed by atoms with Crippen LogP contribution in [0.2, 0.25) is 0 Å². The van der Waals surface area contributed by atoms with Gasteiger partial charge in [-0.25, -0.2) is 0 Å². The van der Waals surface area contributed by atoms with Gasteiger partial charge in [-0.2, -0.15) is 0 Å². The highest BCUT2D eigenvalue weighted by molar-refractivity contribution is 5.98. The Morgan fingerprint density at radius 2 is 1.72 bits per heavy atom. The third-order valence-corrected chi connectivity index (χ3v) is 6.03. The Kier molecular flexibility index (Phi) is 4.15. The number of hydrogen-bond donors (Lipinski definition) is 0. The Morgan fingerprint density at radius 1 is 1.00 bits per heavy atom. The fourth-order valence-corrected chi connectivity index (χ4v) is 4.64. The molecule has 148 valence electrons. The first-order valence-electron chi connectivity index (χ1n) is 10.2. The van der Waals surface area contributed by atoms with E-state index in [1.807, 2.05) is 30.9 Å². The van der Waals surface area contributed by atoms with E-state index in [-0.39, 0.29) is 11.3 Å². The number of anilines is 1. The van der Waals surface area contributed by atoms with E-state index < -0.39 is 0 Å². The molecule has 2 aromatic heterocycles. The highest BCUT2D eigenvalue weighted by Gasteiger charge is 2.26.